The van der Waals surface area contributed by atoms with E-state index < -0.39 is 0 Å². The van der Waals surface area contributed by atoms with Gasteiger partial charge in [-0.05, 0) is 222 Å². The summed E-state index contributed by atoms with van der Waals surface area (Å²) in [6.07, 6.45) is 51.1. The summed E-state index contributed by atoms with van der Waals surface area (Å²) < 4.78 is 4.30. The summed E-state index contributed by atoms with van der Waals surface area (Å²) in [5, 5.41) is 0. The van der Waals surface area contributed by atoms with Crippen molar-refractivity contribution in [1.29, 1.82) is 0 Å². The maximum Gasteiger partial charge on any atom is 2.00 e. The van der Waals surface area contributed by atoms with Crippen molar-refractivity contribution >= 4 is 34.2 Å². The summed E-state index contributed by atoms with van der Waals surface area (Å²) in [7, 11) is 0. The molecule has 0 unspecified atom stereocenters. The zero-order chi connectivity index (χ0) is 79.6. The summed E-state index contributed by atoms with van der Waals surface area (Å²) in [6.45, 7) is 20.2. The molecule has 0 spiro atoms. The van der Waals surface area contributed by atoms with Crippen LogP contribution in [0.3, 0.4) is 0 Å². The number of hydrogen-bond donors (Lipinski definition) is 0. The van der Waals surface area contributed by atoms with Crippen molar-refractivity contribution in [3.05, 3.63) is 352 Å². The Morgan fingerprint density at radius 1 is 0.216 bits per heavy atom. The average Bonchev–Trinajstić information content (AvgIpc) is 1.65. The molecule has 8 aromatic rings. The fourth-order valence-corrected chi connectivity index (χ4v) is 14.7. The molecule has 0 bridgehead atoms. The van der Waals surface area contributed by atoms with E-state index in [1.165, 1.54) is 225 Å². The second-order valence-electron chi connectivity index (χ2n) is 30.9. The van der Waals surface area contributed by atoms with Gasteiger partial charge in [-0.15, -0.1) is 0 Å². The predicted molar refractivity (Wildman–Crippen MR) is 494 cm³/mol. The molecular formula is C108H144N6Ni2. The van der Waals surface area contributed by atoms with Crippen LogP contribution in [0, 0.1) is 27.0 Å². The number of unbranched alkanes of at least 4 members (excludes halogenated alkanes) is 19. The number of aryl methyl sites for hydroxylation is 6. The molecule has 626 valence electrons. The fraction of sp³-hybridized carbons (Fsp3) is 0.426. The molecule has 6 nitrogen and oxygen atoms in total. The Morgan fingerprint density at radius 3 is 0.586 bits per heavy atom. The molecule has 0 saturated heterocycles. The molecule has 8 aromatic carbocycles. The Labute approximate surface area is 727 Å². The fourth-order valence-electron chi connectivity index (χ4n) is 14.7. The number of rotatable bonds is 43. The van der Waals surface area contributed by atoms with Gasteiger partial charge in [0.1, 0.15) is 0 Å². The molecular weight excluding hydrogens is 1500 g/mol. The second-order valence-corrected chi connectivity index (χ2v) is 30.9. The van der Waals surface area contributed by atoms with Crippen LogP contribution < -0.4 is 0 Å². The van der Waals surface area contributed by atoms with Crippen LogP contribution in [0.15, 0.2) is 241 Å². The van der Waals surface area contributed by atoms with Gasteiger partial charge < -0.3 is 31.4 Å². The first kappa shape index (κ1) is 102. The SMILES string of the molecule is CCCCCCC1=C(c2ccc(CCCCC)cc2)[N+](=[N-])C(c2ccc(CCCC)cc2)=C1.CCCCCCC1=C(c2ccc(CCCCC)cc2)[N+](=[N-])C(c2ccc(CCCC)cc2)=C1.CCCCCCC1=C(c2ccc(CCCCCC)cc2)[N+](=[N-])C(c2ccc(CCCC)cc2)=C1.[CH3-].[CH3-].[Ni+2].[Ni+2].[c-]1ccccc1.[c-]1ccccc1. The molecule has 0 aliphatic carbocycles. The molecule has 0 N–H and O–H groups in total. The van der Waals surface area contributed by atoms with Crippen molar-refractivity contribution < 1.29 is 47.1 Å². The second kappa shape index (κ2) is 61.3. The minimum atomic E-state index is 0. The molecule has 0 saturated carbocycles. The van der Waals surface area contributed by atoms with Gasteiger partial charge in [0.15, 0.2) is 0 Å². The molecule has 8 heteroatoms. The third-order valence-corrected chi connectivity index (χ3v) is 21.6. The maximum absolute atomic E-state index is 11.3. The van der Waals surface area contributed by atoms with Crippen molar-refractivity contribution in [3.63, 3.8) is 0 Å². The Kier molecular flexibility index (Phi) is 54.0. The first-order valence-electron chi connectivity index (χ1n) is 44.2. The van der Waals surface area contributed by atoms with Gasteiger partial charge in [0, 0.05) is 68.3 Å². The van der Waals surface area contributed by atoms with Crippen molar-refractivity contribution in [1.82, 2.24) is 0 Å². The quantitative estimate of drug-likeness (QED) is 0.0158. The van der Waals surface area contributed by atoms with Crippen LogP contribution in [-0.2, 0) is 71.5 Å². The van der Waals surface area contributed by atoms with Crippen LogP contribution >= 0.6 is 0 Å². The van der Waals surface area contributed by atoms with E-state index in [1.54, 1.807) is 0 Å². The van der Waals surface area contributed by atoms with E-state index in [9.17, 15) is 16.6 Å². The topological polar surface area (TPSA) is 75.9 Å². The average molecular weight is 1640 g/mol. The van der Waals surface area contributed by atoms with Crippen LogP contribution in [0.25, 0.3) is 50.8 Å². The Bertz CT molecular complexity index is 3930. The molecule has 0 aromatic heterocycles. The largest absolute Gasteiger partial charge is 2.00 e. The van der Waals surface area contributed by atoms with E-state index >= 15 is 0 Å². The summed E-state index contributed by atoms with van der Waals surface area (Å²) >= 11 is 0. The van der Waals surface area contributed by atoms with Crippen LogP contribution in [0.1, 0.15) is 328 Å². The normalized spacial score (nSPS) is 12.6. The minimum Gasteiger partial charge on any atom is -0.493 e. The van der Waals surface area contributed by atoms with E-state index in [1.807, 2.05) is 60.7 Å². The Hall–Kier alpha value is -8.01. The van der Waals surface area contributed by atoms with E-state index in [0.29, 0.717) is 0 Å². The van der Waals surface area contributed by atoms with Gasteiger partial charge in [-0.1, -0.05) is 257 Å². The summed E-state index contributed by atoms with van der Waals surface area (Å²) in [5.41, 5.74) is 58.0. The van der Waals surface area contributed by atoms with Crippen LogP contribution in [-0.4, -0.2) is 14.1 Å². The number of nitrogens with zero attached hydrogens (tertiary/aromatic N) is 6. The first-order chi connectivity index (χ1) is 55.0. The van der Waals surface area contributed by atoms with Gasteiger partial charge >= 0.3 is 33.0 Å². The standard InChI is InChI=1S/C32H44N2.2C31H42N2.2C6H5.2CH3.2Ni/c1-4-7-10-12-15-27-19-23-29(24-20-27)32-30(16-13-11-8-5-2)25-31(34(32)33)28-21-17-26(18-22-28)14-9-6-3;2*1-4-7-10-12-15-29-24-30(27-20-16-25(17-21-27)13-9-6-3)33(32)31(29)28-22-18-26(19-23-28)14-11-8-5-2;2*1-2-4-6-5-3-1;;;;/h17-25H,4-16H2,1-3H3;2*16-24H,4-15H2,1-3H3;2*1-5H;2*1H3;;/q;;;4*-1;2*+2. The Balaban J connectivity index is 0.000000410. The molecule has 3 aliphatic heterocycles. The van der Waals surface area contributed by atoms with Crippen LogP contribution in [0.5, 0.6) is 0 Å². The van der Waals surface area contributed by atoms with Gasteiger partial charge in [-0.25, -0.2) is 14.1 Å². The van der Waals surface area contributed by atoms with Crippen molar-refractivity contribution in [2.24, 2.45) is 0 Å². The van der Waals surface area contributed by atoms with Gasteiger partial charge in [-0.2, -0.15) is 72.8 Å². The van der Waals surface area contributed by atoms with Gasteiger partial charge in [0.05, 0.1) is 0 Å². The van der Waals surface area contributed by atoms with Crippen molar-refractivity contribution in [2.75, 3.05) is 0 Å². The van der Waals surface area contributed by atoms with Gasteiger partial charge in [-0.3, -0.25) is 0 Å². The zero-order valence-electron chi connectivity index (χ0n) is 73.3. The molecule has 116 heavy (non-hydrogen) atoms. The molecule has 0 atom stereocenters. The van der Waals surface area contributed by atoms with E-state index in [4.69, 9.17) is 0 Å². The molecule has 0 radical (unpaired) electrons. The van der Waals surface area contributed by atoms with Crippen molar-refractivity contribution in [3.8, 4) is 0 Å². The number of hydrogen-bond acceptors (Lipinski definition) is 0. The monoisotopic (exact) mass is 1640 g/mol. The molecule has 0 amide bonds. The number of allylic oxidation sites excluding steroid dienone is 6. The molecule has 11 rings (SSSR count). The minimum absolute atomic E-state index is 0. The predicted octanol–water partition coefficient (Wildman–Crippen LogP) is 32.9. The van der Waals surface area contributed by atoms with E-state index in [-0.39, 0.29) is 47.8 Å². The van der Waals surface area contributed by atoms with E-state index in [2.05, 4.69) is 238 Å². The smallest absolute Gasteiger partial charge is 0.493 e. The maximum atomic E-state index is 11.3. The first-order valence-corrected chi connectivity index (χ1v) is 44.2. The summed E-state index contributed by atoms with van der Waals surface area (Å²) in [5.74, 6) is 0. The van der Waals surface area contributed by atoms with Gasteiger partial charge in [0.2, 0.25) is 34.2 Å². The van der Waals surface area contributed by atoms with Crippen molar-refractivity contribution in [2.45, 2.75) is 300 Å². The third kappa shape index (κ3) is 35.3. The third-order valence-electron chi connectivity index (χ3n) is 21.6. The molecule has 0 fully saturated rings. The van der Waals surface area contributed by atoms with Crippen LogP contribution in [0.2, 0.25) is 0 Å². The van der Waals surface area contributed by atoms with Gasteiger partial charge in [0.25, 0.3) is 0 Å². The molecule has 3 heterocycles. The molecule has 3 aliphatic rings. The van der Waals surface area contributed by atoms with E-state index in [0.717, 1.165) is 145 Å². The summed E-state index contributed by atoms with van der Waals surface area (Å²) in [6, 6.07) is 77.9. The Morgan fingerprint density at radius 2 is 0.397 bits per heavy atom. The zero-order valence-corrected chi connectivity index (χ0v) is 75.3. The summed E-state index contributed by atoms with van der Waals surface area (Å²) in [4.78, 5) is 0. The van der Waals surface area contributed by atoms with Crippen LogP contribution in [0.4, 0.5) is 0 Å². The number of benzene rings is 8.